The van der Waals surface area contributed by atoms with E-state index >= 15 is 0 Å². The van der Waals surface area contributed by atoms with Crippen LogP contribution in [0.2, 0.25) is 0 Å². The standard InChI is InChI=1S/C23H18N2O/c1-15-18-6-3-4-8-21(18)25-22(16-9-11-17(26-2)12-10-16)14-20-19(23(15)25)7-5-13-24-20/h3-14H,1-2H3. The number of nitrogens with zero attached hydrogens (tertiary/aromatic N) is 2. The fraction of sp³-hybridized carbons (Fsp3) is 0.0870. The van der Waals surface area contributed by atoms with Crippen molar-refractivity contribution >= 4 is 27.3 Å². The number of ether oxygens (including phenoxy) is 1. The second kappa shape index (κ2) is 5.60. The van der Waals surface area contributed by atoms with Crippen molar-refractivity contribution in [3.05, 3.63) is 78.5 Å². The van der Waals surface area contributed by atoms with Gasteiger partial charge in [0.05, 0.1) is 29.4 Å². The van der Waals surface area contributed by atoms with Crippen LogP contribution in [-0.4, -0.2) is 16.5 Å². The molecule has 0 spiro atoms. The molecule has 0 aliphatic rings. The Morgan fingerprint density at radius 2 is 1.65 bits per heavy atom. The first-order chi connectivity index (χ1) is 12.8. The Bertz CT molecular complexity index is 1270. The van der Waals surface area contributed by atoms with Gasteiger partial charge in [-0.15, -0.1) is 0 Å². The van der Waals surface area contributed by atoms with E-state index in [0.29, 0.717) is 0 Å². The van der Waals surface area contributed by atoms with Crippen LogP contribution in [0.5, 0.6) is 5.75 Å². The molecule has 26 heavy (non-hydrogen) atoms. The first-order valence-corrected chi connectivity index (χ1v) is 8.70. The molecule has 0 aliphatic carbocycles. The van der Waals surface area contributed by atoms with Gasteiger partial charge in [0.1, 0.15) is 5.75 Å². The van der Waals surface area contributed by atoms with Crippen LogP contribution < -0.4 is 4.74 Å². The summed E-state index contributed by atoms with van der Waals surface area (Å²) < 4.78 is 7.68. The quantitative estimate of drug-likeness (QED) is 0.417. The number of fused-ring (bicyclic) bond motifs is 5. The molecule has 0 fully saturated rings. The Labute approximate surface area is 151 Å². The van der Waals surface area contributed by atoms with E-state index < -0.39 is 0 Å². The zero-order chi connectivity index (χ0) is 17.7. The van der Waals surface area contributed by atoms with Gasteiger partial charge >= 0.3 is 0 Å². The number of benzene rings is 2. The third-order valence-electron chi connectivity index (χ3n) is 5.12. The van der Waals surface area contributed by atoms with Crippen molar-refractivity contribution in [1.82, 2.24) is 9.38 Å². The third kappa shape index (κ3) is 2.04. The summed E-state index contributed by atoms with van der Waals surface area (Å²) in [6.07, 6.45) is 1.86. The minimum atomic E-state index is 0.859. The number of para-hydroxylation sites is 1. The second-order valence-corrected chi connectivity index (χ2v) is 6.52. The van der Waals surface area contributed by atoms with Gasteiger partial charge in [-0.05, 0) is 66.6 Å². The Balaban J connectivity index is 1.99. The topological polar surface area (TPSA) is 26.5 Å². The van der Waals surface area contributed by atoms with E-state index in [2.05, 4.69) is 64.8 Å². The molecule has 0 bridgehead atoms. The minimum Gasteiger partial charge on any atom is -0.497 e. The highest BCUT2D eigenvalue weighted by Gasteiger charge is 2.16. The van der Waals surface area contributed by atoms with Gasteiger partial charge in [-0.2, -0.15) is 0 Å². The molecule has 3 heteroatoms. The van der Waals surface area contributed by atoms with Crippen LogP contribution in [0.4, 0.5) is 0 Å². The van der Waals surface area contributed by atoms with Crippen molar-refractivity contribution in [3.63, 3.8) is 0 Å². The molecule has 0 unspecified atom stereocenters. The van der Waals surface area contributed by atoms with Crippen molar-refractivity contribution in [2.45, 2.75) is 6.92 Å². The summed E-state index contributed by atoms with van der Waals surface area (Å²) in [4.78, 5) is 4.62. The van der Waals surface area contributed by atoms with Crippen LogP contribution in [0.1, 0.15) is 5.56 Å². The maximum Gasteiger partial charge on any atom is 0.118 e. The fourth-order valence-electron chi connectivity index (χ4n) is 3.88. The van der Waals surface area contributed by atoms with Crippen LogP contribution in [0.3, 0.4) is 0 Å². The average molecular weight is 338 g/mol. The van der Waals surface area contributed by atoms with E-state index in [1.807, 2.05) is 24.4 Å². The molecular weight excluding hydrogens is 320 g/mol. The highest BCUT2D eigenvalue weighted by molar-refractivity contribution is 6.06. The molecule has 5 rings (SSSR count). The van der Waals surface area contributed by atoms with Gasteiger partial charge in [0, 0.05) is 17.0 Å². The molecule has 2 aromatic carbocycles. The largest absolute Gasteiger partial charge is 0.497 e. The second-order valence-electron chi connectivity index (χ2n) is 6.52. The number of hydrogen-bond acceptors (Lipinski definition) is 2. The predicted molar refractivity (Wildman–Crippen MR) is 107 cm³/mol. The smallest absolute Gasteiger partial charge is 0.118 e. The minimum absolute atomic E-state index is 0.859. The van der Waals surface area contributed by atoms with E-state index in [0.717, 1.165) is 22.5 Å². The van der Waals surface area contributed by atoms with Gasteiger partial charge in [-0.1, -0.05) is 18.2 Å². The molecule has 0 N–H and O–H groups in total. The van der Waals surface area contributed by atoms with Crippen molar-refractivity contribution in [1.29, 1.82) is 0 Å². The summed E-state index contributed by atoms with van der Waals surface area (Å²) in [5.74, 6) is 0.859. The first kappa shape index (κ1) is 15.0. The van der Waals surface area contributed by atoms with Crippen molar-refractivity contribution in [3.8, 4) is 17.0 Å². The van der Waals surface area contributed by atoms with E-state index in [-0.39, 0.29) is 0 Å². The van der Waals surface area contributed by atoms with E-state index in [1.165, 1.54) is 27.4 Å². The zero-order valence-electron chi connectivity index (χ0n) is 14.7. The highest BCUT2D eigenvalue weighted by Crippen LogP contribution is 2.36. The van der Waals surface area contributed by atoms with Crippen LogP contribution >= 0.6 is 0 Å². The summed E-state index contributed by atoms with van der Waals surface area (Å²) in [6.45, 7) is 2.20. The summed E-state index contributed by atoms with van der Waals surface area (Å²) >= 11 is 0. The van der Waals surface area contributed by atoms with Crippen molar-refractivity contribution < 1.29 is 4.74 Å². The third-order valence-corrected chi connectivity index (χ3v) is 5.12. The Morgan fingerprint density at radius 3 is 2.46 bits per heavy atom. The Morgan fingerprint density at radius 1 is 0.885 bits per heavy atom. The summed E-state index contributed by atoms with van der Waals surface area (Å²) in [5, 5.41) is 2.46. The molecule has 0 aliphatic heterocycles. The van der Waals surface area contributed by atoms with Gasteiger partial charge in [0.15, 0.2) is 0 Å². The van der Waals surface area contributed by atoms with Gasteiger partial charge in [-0.3, -0.25) is 4.98 Å². The van der Waals surface area contributed by atoms with Crippen LogP contribution in [0, 0.1) is 6.92 Å². The van der Waals surface area contributed by atoms with Crippen LogP contribution in [0.25, 0.3) is 38.6 Å². The van der Waals surface area contributed by atoms with Crippen molar-refractivity contribution in [2.24, 2.45) is 0 Å². The molecule has 0 saturated carbocycles. The summed E-state index contributed by atoms with van der Waals surface area (Å²) in [7, 11) is 1.69. The lowest BCUT2D eigenvalue weighted by Gasteiger charge is -2.12. The molecule has 3 heterocycles. The van der Waals surface area contributed by atoms with E-state index in [9.17, 15) is 0 Å². The Kier molecular flexibility index (Phi) is 3.22. The molecule has 5 aromatic rings. The number of aromatic nitrogens is 2. The highest BCUT2D eigenvalue weighted by atomic mass is 16.5. The molecular formula is C23H18N2O. The first-order valence-electron chi connectivity index (χ1n) is 8.70. The Hall–Kier alpha value is -3.33. The number of methoxy groups -OCH3 is 1. The number of rotatable bonds is 2. The number of pyridine rings is 2. The summed E-state index contributed by atoms with van der Waals surface area (Å²) in [6, 6.07) is 23.1. The normalized spacial score (nSPS) is 11.5. The van der Waals surface area contributed by atoms with E-state index in [1.54, 1.807) is 7.11 Å². The van der Waals surface area contributed by atoms with Gasteiger partial charge in [-0.25, -0.2) is 0 Å². The fourth-order valence-corrected chi connectivity index (χ4v) is 3.88. The SMILES string of the molecule is COc1ccc(-c2cc3ncccc3c3c(C)c4ccccc4n23)cc1. The molecule has 126 valence electrons. The average Bonchev–Trinajstić information content (AvgIpc) is 3.01. The molecule has 3 aromatic heterocycles. The van der Waals surface area contributed by atoms with Crippen LogP contribution in [-0.2, 0) is 0 Å². The lowest BCUT2D eigenvalue weighted by atomic mass is 10.1. The lowest BCUT2D eigenvalue weighted by molar-refractivity contribution is 0.415. The molecule has 0 amide bonds. The summed E-state index contributed by atoms with van der Waals surface area (Å²) in [5.41, 5.74) is 7.02. The number of aryl methyl sites for hydroxylation is 1. The predicted octanol–water partition coefficient (Wildman–Crippen LogP) is 5.62. The molecule has 0 atom stereocenters. The lowest BCUT2D eigenvalue weighted by Crippen LogP contribution is -1.95. The van der Waals surface area contributed by atoms with E-state index in [4.69, 9.17) is 4.74 Å². The molecule has 3 nitrogen and oxygen atoms in total. The van der Waals surface area contributed by atoms with Gasteiger partial charge in [0.2, 0.25) is 0 Å². The monoisotopic (exact) mass is 338 g/mol. The maximum absolute atomic E-state index is 5.32. The zero-order valence-corrected chi connectivity index (χ0v) is 14.7. The van der Waals surface area contributed by atoms with Crippen LogP contribution in [0.15, 0.2) is 72.9 Å². The molecule has 0 saturated heterocycles. The van der Waals surface area contributed by atoms with Gasteiger partial charge < -0.3 is 9.14 Å². The number of hydrogen-bond donors (Lipinski definition) is 0. The maximum atomic E-state index is 5.32. The van der Waals surface area contributed by atoms with Crippen molar-refractivity contribution in [2.75, 3.05) is 7.11 Å². The van der Waals surface area contributed by atoms with Gasteiger partial charge in [0.25, 0.3) is 0 Å². The molecule has 0 radical (unpaired) electrons.